The summed E-state index contributed by atoms with van der Waals surface area (Å²) in [4.78, 5) is 4.13. The quantitative estimate of drug-likeness (QED) is 0.690. The second-order valence-corrected chi connectivity index (χ2v) is 5.99. The molecular formula is C20H22N4O2. The smallest absolute Gasteiger partial charge is 0.221 e. The van der Waals surface area contributed by atoms with Crippen LogP contribution in [0.1, 0.15) is 22.4 Å². The molecule has 6 nitrogen and oxygen atoms in total. The average Bonchev–Trinajstić information content (AvgIpc) is 2.95. The molecule has 0 unspecified atom stereocenters. The molecule has 0 fully saturated rings. The number of aryl methyl sites for hydroxylation is 2. The standard InChI is InChI=1S/C20H22N4O2/c1-14-6-4-7-16(10-14)13-26-19-17(8-5-9-18(19)25-3)11-22-24-12-15(2)23-20(24)21/h4-12H,13H2,1-3H3,(H2,21,23). The summed E-state index contributed by atoms with van der Waals surface area (Å²) in [7, 11) is 1.62. The van der Waals surface area contributed by atoms with E-state index in [0.29, 0.717) is 24.1 Å². The summed E-state index contributed by atoms with van der Waals surface area (Å²) in [6.45, 7) is 4.36. The van der Waals surface area contributed by atoms with E-state index >= 15 is 0 Å². The van der Waals surface area contributed by atoms with Crippen LogP contribution in [0.3, 0.4) is 0 Å². The molecule has 2 aromatic carbocycles. The number of anilines is 1. The van der Waals surface area contributed by atoms with Gasteiger partial charge in [0.25, 0.3) is 0 Å². The van der Waals surface area contributed by atoms with E-state index in [2.05, 4.69) is 29.1 Å². The van der Waals surface area contributed by atoms with Gasteiger partial charge in [0.15, 0.2) is 11.5 Å². The Balaban J connectivity index is 1.87. The van der Waals surface area contributed by atoms with Crippen molar-refractivity contribution < 1.29 is 9.47 Å². The first-order valence-corrected chi connectivity index (χ1v) is 8.28. The van der Waals surface area contributed by atoms with Crippen LogP contribution in [-0.4, -0.2) is 23.0 Å². The summed E-state index contributed by atoms with van der Waals surface area (Å²) in [6, 6.07) is 13.9. The summed E-state index contributed by atoms with van der Waals surface area (Å²) in [5.74, 6) is 1.62. The van der Waals surface area contributed by atoms with Crippen molar-refractivity contribution >= 4 is 12.2 Å². The molecule has 6 heteroatoms. The summed E-state index contributed by atoms with van der Waals surface area (Å²) >= 11 is 0. The average molecular weight is 350 g/mol. The number of ether oxygens (including phenoxy) is 2. The van der Waals surface area contributed by atoms with Crippen molar-refractivity contribution in [3.63, 3.8) is 0 Å². The zero-order valence-electron chi connectivity index (χ0n) is 15.1. The Morgan fingerprint density at radius 3 is 2.69 bits per heavy atom. The van der Waals surface area contributed by atoms with Gasteiger partial charge in [0.1, 0.15) is 6.61 Å². The van der Waals surface area contributed by atoms with Crippen LogP contribution in [0.15, 0.2) is 53.8 Å². The fraction of sp³-hybridized carbons (Fsp3) is 0.200. The minimum Gasteiger partial charge on any atom is -0.493 e. The highest BCUT2D eigenvalue weighted by atomic mass is 16.5. The van der Waals surface area contributed by atoms with Crippen LogP contribution >= 0.6 is 0 Å². The zero-order valence-corrected chi connectivity index (χ0v) is 15.1. The summed E-state index contributed by atoms with van der Waals surface area (Å²) < 4.78 is 13.0. The van der Waals surface area contributed by atoms with E-state index in [1.54, 1.807) is 19.5 Å². The van der Waals surface area contributed by atoms with Crippen molar-refractivity contribution in [2.45, 2.75) is 20.5 Å². The molecule has 0 atom stereocenters. The Hall–Kier alpha value is -3.28. The zero-order chi connectivity index (χ0) is 18.5. The van der Waals surface area contributed by atoms with E-state index in [0.717, 1.165) is 16.8 Å². The fourth-order valence-electron chi connectivity index (χ4n) is 2.63. The molecule has 1 heterocycles. The van der Waals surface area contributed by atoms with Gasteiger partial charge in [0, 0.05) is 5.56 Å². The van der Waals surface area contributed by atoms with Crippen LogP contribution in [0, 0.1) is 13.8 Å². The van der Waals surface area contributed by atoms with E-state index < -0.39 is 0 Å². The van der Waals surface area contributed by atoms with E-state index in [9.17, 15) is 0 Å². The molecule has 3 aromatic rings. The molecule has 26 heavy (non-hydrogen) atoms. The molecule has 0 bridgehead atoms. The molecule has 0 saturated carbocycles. The second-order valence-electron chi connectivity index (χ2n) is 5.99. The highest BCUT2D eigenvalue weighted by Gasteiger charge is 2.10. The number of aromatic nitrogens is 2. The SMILES string of the molecule is COc1cccc(C=Nn2cc(C)nc2N)c1OCc1cccc(C)c1. The Morgan fingerprint density at radius 2 is 2.00 bits per heavy atom. The molecule has 0 aliphatic carbocycles. The van der Waals surface area contributed by atoms with Gasteiger partial charge in [0.2, 0.25) is 5.95 Å². The normalized spacial score (nSPS) is 11.0. The number of imidazole rings is 1. The van der Waals surface area contributed by atoms with E-state index in [4.69, 9.17) is 15.2 Å². The number of benzene rings is 2. The number of nitrogens with zero attached hydrogens (tertiary/aromatic N) is 3. The van der Waals surface area contributed by atoms with Crippen LogP contribution in [0.5, 0.6) is 11.5 Å². The predicted molar refractivity (Wildman–Crippen MR) is 103 cm³/mol. The number of hydrogen-bond donors (Lipinski definition) is 1. The van der Waals surface area contributed by atoms with Crippen LogP contribution in [0.4, 0.5) is 5.95 Å². The van der Waals surface area contributed by atoms with Crippen LogP contribution < -0.4 is 15.2 Å². The Kier molecular flexibility index (Phi) is 5.22. The van der Waals surface area contributed by atoms with Crippen molar-refractivity contribution in [3.05, 3.63) is 71.0 Å². The van der Waals surface area contributed by atoms with Crippen molar-refractivity contribution in [2.75, 3.05) is 12.8 Å². The highest BCUT2D eigenvalue weighted by molar-refractivity contribution is 5.85. The molecule has 0 amide bonds. The van der Waals surface area contributed by atoms with Crippen LogP contribution in [-0.2, 0) is 6.61 Å². The van der Waals surface area contributed by atoms with Gasteiger partial charge in [-0.25, -0.2) is 9.66 Å². The van der Waals surface area contributed by atoms with Gasteiger partial charge in [-0.05, 0) is 31.5 Å². The molecule has 0 spiro atoms. The van der Waals surface area contributed by atoms with Gasteiger partial charge >= 0.3 is 0 Å². The van der Waals surface area contributed by atoms with Gasteiger partial charge in [-0.1, -0.05) is 35.9 Å². The number of para-hydroxylation sites is 1. The third-order valence-corrected chi connectivity index (χ3v) is 3.85. The maximum atomic E-state index is 6.05. The van der Waals surface area contributed by atoms with Gasteiger partial charge in [-0.15, -0.1) is 0 Å². The maximum Gasteiger partial charge on any atom is 0.221 e. The van der Waals surface area contributed by atoms with E-state index in [1.165, 1.54) is 10.2 Å². The predicted octanol–water partition coefficient (Wildman–Crippen LogP) is 3.55. The maximum absolute atomic E-state index is 6.05. The molecule has 0 radical (unpaired) electrons. The van der Waals surface area contributed by atoms with Gasteiger partial charge in [-0.2, -0.15) is 5.10 Å². The topological polar surface area (TPSA) is 74.7 Å². The van der Waals surface area contributed by atoms with Crippen molar-refractivity contribution in [1.82, 2.24) is 9.66 Å². The summed E-state index contributed by atoms with van der Waals surface area (Å²) in [6.07, 6.45) is 3.45. The van der Waals surface area contributed by atoms with Crippen LogP contribution in [0.2, 0.25) is 0 Å². The lowest BCUT2D eigenvalue weighted by atomic mass is 10.1. The van der Waals surface area contributed by atoms with Crippen molar-refractivity contribution in [1.29, 1.82) is 0 Å². The van der Waals surface area contributed by atoms with Gasteiger partial charge < -0.3 is 15.2 Å². The van der Waals surface area contributed by atoms with E-state index in [1.807, 2.05) is 37.3 Å². The first kappa shape index (κ1) is 17.5. The molecule has 0 aliphatic heterocycles. The molecule has 2 N–H and O–H groups in total. The Bertz CT molecular complexity index is 931. The van der Waals surface area contributed by atoms with Gasteiger partial charge in [-0.3, -0.25) is 0 Å². The second kappa shape index (κ2) is 7.74. The molecule has 0 saturated heterocycles. The van der Waals surface area contributed by atoms with E-state index in [-0.39, 0.29) is 0 Å². The molecule has 3 rings (SSSR count). The van der Waals surface area contributed by atoms with Crippen molar-refractivity contribution in [2.24, 2.45) is 5.10 Å². The van der Waals surface area contributed by atoms with Gasteiger partial charge in [0.05, 0.1) is 25.2 Å². The minimum absolute atomic E-state index is 0.337. The summed E-state index contributed by atoms with van der Waals surface area (Å²) in [5.41, 5.74) is 9.72. The largest absolute Gasteiger partial charge is 0.493 e. The lowest BCUT2D eigenvalue weighted by Gasteiger charge is -2.13. The number of methoxy groups -OCH3 is 1. The number of hydrogen-bond acceptors (Lipinski definition) is 5. The monoisotopic (exact) mass is 350 g/mol. The fourth-order valence-corrected chi connectivity index (χ4v) is 2.63. The van der Waals surface area contributed by atoms with Crippen molar-refractivity contribution in [3.8, 4) is 11.5 Å². The third-order valence-electron chi connectivity index (χ3n) is 3.85. The third kappa shape index (κ3) is 4.03. The number of rotatable bonds is 6. The molecular weight excluding hydrogens is 328 g/mol. The first-order valence-electron chi connectivity index (χ1n) is 8.28. The highest BCUT2D eigenvalue weighted by Crippen LogP contribution is 2.31. The molecule has 134 valence electrons. The number of nitrogens with two attached hydrogens (primary N) is 1. The number of nitrogen functional groups attached to an aromatic ring is 1. The Labute approximate surface area is 152 Å². The molecule has 1 aromatic heterocycles. The first-order chi connectivity index (χ1) is 12.6. The van der Waals surface area contributed by atoms with Crippen LogP contribution in [0.25, 0.3) is 0 Å². The lowest BCUT2D eigenvalue weighted by molar-refractivity contribution is 0.284. The molecule has 0 aliphatic rings. The minimum atomic E-state index is 0.337. The summed E-state index contributed by atoms with van der Waals surface area (Å²) in [5, 5.41) is 4.37. The Morgan fingerprint density at radius 1 is 1.19 bits per heavy atom. The lowest BCUT2D eigenvalue weighted by Crippen LogP contribution is -2.02.